The number of nitrogens with zero attached hydrogens (tertiary/aromatic N) is 2. The van der Waals surface area contributed by atoms with E-state index in [0.717, 1.165) is 24.8 Å². The molecule has 0 bridgehead atoms. The number of rotatable bonds is 5. The molecule has 2 N–H and O–H groups in total. The van der Waals surface area contributed by atoms with Crippen LogP contribution in [-0.4, -0.2) is 36.6 Å². The minimum Gasteiger partial charge on any atom is -0.435 e. The lowest BCUT2D eigenvalue weighted by Gasteiger charge is -2.17. The number of guanidine groups is 1. The maximum atomic E-state index is 12.4. The highest BCUT2D eigenvalue weighted by Crippen LogP contribution is 2.47. The first-order valence-corrected chi connectivity index (χ1v) is 7.16. The first-order chi connectivity index (χ1) is 10.1. The molecule has 2 fully saturated rings. The molecule has 0 aromatic heterocycles. The Hall–Kier alpha value is -1.85. The van der Waals surface area contributed by atoms with Crippen LogP contribution in [0.3, 0.4) is 0 Å². The molecule has 1 aromatic rings. The van der Waals surface area contributed by atoms with Crippen LogP contribution >= 0.6 is 0 Å². The smallest absolute Gasteiger partial charge is 0.387 e. The summed E-state index contributed by atoms with van der Waals surface area (Å²) in [5.74, 6) is 0.896. The second-order valence-electron chi connectivity index (χ2n) is 5.66. The van der Waals surface area contributed by atoms with Crippen LogP contribution in [0.15, 0.2) is 29.3 Å². The average Bonchev–Trinajstić information content (AvgIpc) is 3.33. The van der Waals surface area contributed by atoms with E-state index in [-0.39, 0.29) is 17.7 Å². The lowest BCUT2D eigenvalue weighted by Crippen LogP contribution is -2.36. The van der Waals surface area contributed by atoms with Crippen molar-refractivity contribution >= 4 is 5.96 Å². The number of hydrogen-bond donors (Lipinski definition) is 1. The molecular formula is C15H19F2N3O. The molecule has 2 aliphatic carbocycles. The molecule has 0 radical (unpaired) electrons. The zero-order chi connectivity index (χ0) is 15.0. The molecule has 6 heteroatoms. The summed E-state index contributed by atoms with van der Waals surface area (Å²) in [5.41, 5.74) is 6.77. The van der Waals surface area contributed by atoms with Gasteiger partial charge in [-0.05, 0) is 30.9 Å². The first-order valence-electron chi connectivity index (χ1n) is 7.16. The largest absolute Gasteiger partial charge is 0.435 e. The summed E-state index contributed by atoms with van der Waals surface area (Å²) in [6.07, 6.45) is 3.14. The standard InChI is InChI=1S/C15H19F2N3O/c1-20(9-6-7-9)15(18)19-12-8-11(12)10-4-2-3-5-13(10)21-14(16)17/h2-5,9,11-12,14H,6-8H2,1H3,(H2,18,19)/t11-,12+/m1/s1. The maximum Gasteiger partial charge on any atom is 0.387 e. The molecule has 2 atom stereocenters. The summed E-state index contributed by atoms with van der Waals surface area (Å²) in [6.45, 7) is -2.81. The molecule has 0 spiro atoms. The molecule has 0 amide bonds. The van der Waals surface area contributed by atoms with E-state index in [1.807, 2.05) is 24.1 Å². The van der Waals surface area contributed by atoms with Gasteiger partial charge in [-0.2, -0.15) is 8.78 Å². The topological polar surface area (TPSA) is 50.8 Å². The Balaban J connectivity index is 1.68. The second-order valence-corrected chi connectivity index (χ2v) is 5.66. The van der Waals surface area contributed by atoms with E-state index in [1.165, 1.54) is 0 Å². The number of alkyl halides is 2. The SMILES string of the molecule is CN(C(N)=N[C@H]1C[C@@H]1c1ccccc1OC(F)F)C1CC1. The Bertz CT molecular complexity index is 545. The summed E-state index contributed by atoms with van der Waals surface area (Å²) in [5, 5.41) is 0. The Labute approximate surface area is 122 Å². The number of halogens is 2. The van der Waals surface area contributed by atoms with Gasteiger partial charge in [-0.15, -0.1) is 0 Å². The van der Waals surface area contributed by atoms with Gasteiger partial charge in [0.25, 0.3) is 0 Å². The van der Waals surface area contributed by atoms with Crippen molar-refractivity contribution in [2.24, 2.45) is 10.7 Å². The average molecular weight is 295 g/mol. The third-order valence-electron chi connectivity index (χ3n) is 4.05. The van der Waals surface area contributed by atoms with Gasteiger partial charge in [-0.1, -0.05) is 18.2 Å². The number of hydrogen-bond acceptors (Lipinski definition) is 2. The predicted octanol–water partition coefficient (Wildman–Crippen LogP) is 2.55. The van der Waals surface area contributed by atoms with Crippen molar-refractivity contribution in [2.45, 2.75) is 43.9 Å². The maximum absolute atomic E-state index is 12.4. The number of aliphatic imine (C=N–C) groups is 1. The molecule has 0 aliphatic heterocycles. The van der Waals surface area contributed by atoms with E-state index < -0.39 is 6.61 Å². The molecule has 21 heavy (non-hydrogen) atoms. The quantitative estimate of drug-likeness (QED) is 0.671. The van der Waals surface area contributed by atoms with E-state index in [0.29, 0.717) is 12.0 Å². The lowest BCUT2D eigenvalue weighted by molar-refractivity contribution is -0.0504. The summed E-state index contributed by atoms with van der Waals surface area (Å²) >= 11 is 0. The Morgan fingerprint density at radius 3 is 2.76 bits per heavy atom. The molecular weight excluding hydrogens is 276 g/mol. The van der Waals surface area contributed by atoms with Crippen molar-refractivity contribution in [1.82, 2.24) is 4.90 Å². The van der Waals surface area contributed by atoms with Crippen molar-refractivity contribution < 1.29 is 13.5 Å². The van der Waals surface area contributed by atoms with Crippen LogP contribution in [0.4, 0.5) is 8.78 Å². The summed E-state index contributed by atoms with van der Waals surface area (Å²) < 4.78 is 29.4. The van der Waals surface area contributed by atoms with Crippen molar-refractivity contribution in [3.8, 4) is 5.75 Å². The van der Waals surface area contributed by atoms with Gasteiger partial charge in [-0.25, -0.2) is 4.99 Å². The predicted molar refractivity (Wildman–Crippen MR) is 76.6 cm³/mol. The Morgan fingerprint density at radius 2 is 2.10 bits per heavy atom. The van der Waals surface area contributed by atoms with Gasteiger partial charge in [0.1, 0.15) is 5.75 Å². The van der Waals surface area contributed by atoms with Crippen LogP contribution in [0.1, 0.15) is 30.7 Å². The molecule has 0 heterocycles. The van der Waals surface area contributed by atoms with E-state index in [9.17, 15) is 8.78 Å². The minimum absolute atomic E-state index is 0.0635. The second kappa shape index (κ2) is 5.50. The number of para-hydroxylation sites is 1. The highest BCUT2D eigenvalue weighted by Gasteiger charge is 2.41. The fraction of sp³-hybridized carbons (Fsp3) is 0.533. The number of benzene rings is 1. The molecule has 0 saturated heterocycles. The zero-order valence-electron chi connectivity index (χ0n) is 11.9. The van der Waals surface area contributed by atoms with Crippen LogP contribution in [0.5, 0.6) is 5.75 Å². The molecule has 2 aliphatic rings. The summed E-state index contributed by atoms with van der Waals surface area (Å²) in [4.78, 5) is 6.50. The summed E-state index contributed by atoms with van der Waals surface area (Å²) in [7, 11) is 1.95. The van der Waals surface area contributed by atoms with Crippen molar-refractivity contribution in [1.29, 1.82) is 0 Å². The van der Waals surface area contributed by atoms with Crippen molar-refractivity contribution in [3.63, 3.8) is 0 Å². The van der Waals surface area contributed by atoms with Gasteiger partial charge >= 0.3 is 6.61 Å². The van der Waals surface area contributed by atoms with Gasteiger partial charge in [-0.3, -0.25) is 0 Å². The fourth-order valence-electron chi connectivity index (χ4n) is 2.56. The van der Waals surface area contributed by atoms with E-state index in [2.05, 4.69) is 9.73 Å². The highest BCUT2D eigenvalue weighted by atomic mass is 19.3. The van der Waals surface area contributed by atoms with E-state index in [1.54, 1.807) is 12.1 Å². The molecule has 4 nitrogen and oxygen atoms in total. The van der Waals surface area contributed by atoms with Gasteiger partial charge in [0.15, 0.2) is 5.96 Å². The van der Waals surface area contributed by atoms with Crippen LogP contribution in [0.2, 0.25) is 0 Å². The van der Waals surface area contributed by atoms with Gasteiger partial charge in [0.2, 0.25) is 0 Å². The Kier molecular flexibility index (Phi) is 3.69. The van der Waals surface area contributed by atoms with Crippen LogP contribution in [-0.2, 0) is 0 Å². The van der Waals surface area contributed by atoms with E-state index >= 15 is 0 Å². The third-order valence-corrected chi connectivity index (χ3v) is 4.05. The van der Waals surface area contributed by atoms with Crippen molar-refractivity contribution in [2.75, 3.05) is 7.05 Å². The summed E-state index contributed by atoms with van der Waals surface area (Å²) in [6, 6.07) is 7.48. The van der Waals surface area contributed by atoms with Crippen LogP contribution < -0.4 is 10.5 Å². The molecule has 114 valence electrons. The van der Waals surface area contributed by atoms with Gasteiger partial charge < -0.3 is 15.4 Å². The molecule has 1 aromatic carbocycles. The Morgan fingerprint density at radius 1 is 1.38 bits per heavy atom. The highest BCUT2D eigenvalue weighted by molar-refractivity contribution is 5.79. The zero-order valence-corrected chi connectivity index (χ0v) is 11.9. The molecule has 3 rings (SSSR count). The number of nitrogens with two attached hydrogens (primary N) is 1. The molecule has 2 saturated carbocycles. The molecule has 0 unspecified atom stereocenters. The van der Waals surface area contributed by atoms with Crippen LogP contribution in [0, 0.1) is 0 Å². The minimum atomic E-state index is -2.81. The lowest BCUT2D eigenvalue weighted by atomic mass is 10.1. The van der Waals surface area contributed by atoms with Crippen molar-refractivity contribution in [3.05, 3.63) is 29.8 Å². The monoisotopic (exact) mass is 295 g/mol. The first kappa shape index (κ1) is 14.1. The number of ether oxygens (including phenoxy) is 1. The third kappa shape index (κ3) is 3.25. The fourth-order valence-corrected chi connectivity index (χ4v) is 2.56. The van der Waals surface area contributed by atoms with Gasteiger partial charge in [0.05, 0.1) is 6.04 Å². The van der Waals surface area contributed by atoms with E-state index in [4.69, 9.17) is 5.73 Å². The van der Waals surface area contributed by atoms with Crippen LogP contribution in [0.25, 0.3) is 0 Å². The normalized spacial score (nSPS) is 25.0. The van der Waals surface area contributed by atoms with Gasteiger partial charge in [0, 0.05) is 19.0 Å².